The molecular formula is C13H17N3O2S. The minimum absolute atomic E-state index is 0.121. The smallest absolute Gasteiger partial charge is 0.141 e. The van der Waals surface area contributed by atoms with Gasteiger partial charge in [0, 0.05) is 48.4 Å². The molecule has 19 heavy (non-hydrogen) atoms. The molecule has 6 heteroatoms. The van der Waals surface area contributed by atoms with E-state index in [1.807, 2.05) is 5.38 Å². The summed E-state index contributed by atoms with van der Waals surface area (Å²) < 4.78 is 0. The minimum atomic E-state index is -0.121. The molecule has 3 N–H and O–H groups in total. The molecule has 0 saturated heterocycles. The normalized spacial score (nSPS) is 10.8. The van der Waals surface area contributed by atoms with Gasteiger partial charge < -0.3 is 15.5 Å². The van der Waals surface area contributed by atoms with Crippen LogP contribution in [0.1, 0.15) is 21.8 Å². The number of nitrogens with one attached hydrogen (secondary N) is 1. The molecule has 0 aromatic carbocycles. The first-order chi connectivity index (χ1) is 9.22. The fourth-order valence-electron chi connectivity index (χ4n) is 1.80. The van der Waals surface area contributed by atoms with E-state index in [9.17, 15) is 10.2 Å². The number of aliphatic hydroxyl groups is 1. The van der Waals surface area contributed by atoms with Gasteiger partial charge >= 0.3 is 0 Å². The number of hydrogen-bond donors (Lipinski definition) is 3. The van der Waals surface area contributed by atoms with Crippen molar-refractivity contribution in [3.8, 4) is 5.75 Å². The summed E-state index contributed by atoms with van der Waals surface area (Å²) in [6, 6.07) is 0. The first-order valence-electron chi connectivity index (χ1n) is 6.08. The molecular weight excluding hydrogens is 262 g/mol. The van der Waals surface area contributed by atoms with Crippen LogP contribution in [0.25, 0.3) is 0 Å². The lowest BCUT2D eigenvalue weighted by molar-refractivity contribution is 0.278. The van der Waals surface area contributed by atoms with Crippen molar-refractivity contribution in [1.82, 2.24) is 15.3 Å². The summed E-state index contributed by atoms with van der Waals surface area (Å²) in [5.41, 5.74) is 1.95. The van der Waals surface area contributed by atoms with Gasteiger partial charge in [-0.1, -0.05) is 0 Å². The van der Waals surface area contributed by atoms with Crippen LogP contribution < -0.4 is 5.32 Å². The molecule has 2 aromatic heterocycles. The van der Waals surface area contributed by atoms with E-state index < -0.39 is 0 Å². The average Bonchev–Trinajstić information content (AvgIpc) is 2.92. The molecule has 2 rings (SSSR count). The Hall–Kier alpha value is -1.50. The third-order valence-electron chi connectivity index (χ3n) is 2.90. The van der Waals surface area contributed by atoms with Crippen molar-refractivity contribution in [2.45, 2.75) is 26.5 Å². The van der Waals surface area contributed by atoms with E-state index in [1.54, 1.807) is 30.7 Å². The molecule has 0 aliphatic rings. The summed E-state index contributed by atoms with van der Waals surface area (Å²) in [4.78, 5) is 8.24. The second-order valence-electron chi connectivity index (χ2n) is 4.21. The molecule has 0 atom stereocenters. The summed E-state index contributed by atoms with van der Waals surface area (Å²) in [5, 5.41) is 25.5. The molecule has 0 bridgehead atoms. The molecule has 0 amide bonds. The summed E-state index contributed by atoms with van der Waals surface area (Å²) in [6.45, 7) is 2.91. The number of rotatable bonds is 6. The van der Waals surface area contributed by atoms with Gasteiger partial charge in [-0.05, 0) is 6.92 Å². The molecule has 0 unspecified atom stereocenters. The maximum absolute atomic E-state index is 9.97. The van der Waals surface area contributed by atoms with Gasteiger partial charge in [-0.3, -0.25) is 4.98 Å². The zero-order chi connectivity index (χ0) is 13.7. The number of thiazole rings is 1. The van der Waals surface area contributed by atoms with E-state index in [4.69, 9.17) is 0 Å². The Bertz CT molecular complexity index is 529. The Morgan fingerprint density at radius 3 is 2.89 bits per heavy atom. The Labute approximate surface area is 116 Å². The van der Waals surface area contributed by atoms with Gasteiger partial charge in [0.25, 0.3) is 0 Å². The Morgan fingerprint density at radius 1 is 1.37 bits per heavy atom. The second kappa shape index (κ2) is 6.60. The van der Waals surface area contributed by atoms with Crippen molar-refractivity contribution in [2.24, 2.45) is 0 Å². The van der Waals surface area contributed by atoms with Gasteiger partial charge in [-0.15, -0.1) is 11.3 Å². The number of aryl methyl sites for hydroxylation is 1. The Kier molecular flexibility index (Phi) is 4.84. The standard InChI is InChI=1S/C13H17N3O2S/c1-9-13(18)11(10(8-17)6-16-9)7-14-3-2-12-15-4-5-19-12/h4-6,14,17-18H,2-3,7-8H2,1H3. The first-order valence-corrected chi connectivity index (χ1v) is 6.96. The van der Waals surface area contributed by atoms with Gasteiger partial charge in [0.15, 0.2) is 0 Å². The molecule has 0 saturated carbocycles. The number of aliphatic hydroxyl groups excluding tert-OH is 1. The predicted octanol–water partition coefficient (Wildman–Crippen LogP) is 1.38. The summed E-state index contributed by atoms with van der Waals surface area (Å²) in [6.07, 6.45) is 4.26. The molecule has 0 aliphatic heterocycles. The molecule has 0 fully saturated rings. The number of pyridine rings is 1. The van der Waals surface area contributed by atoms with Gasteiger partial charge in [-0.2, -0.15) is 0 Å². The van der Waals surface area contributed by atoms with E-state index in [1.165, 1.54) is 0 Å². The second-order valence-corrected chi connectivity index (χ2v) is 5.19. The third-order valence-corrected chi connectivity index (χ3v) is 3.74. The lowest BCUT2D eigenvalue weighted by Crippen LogP contribution is -2.18. The molecule has 0 radical (unpaired) electrons. The highest BCUT2D eigenvalue weighted by molar-refractivity contribution is 7.09. The molecule has 2 heterocycles. The Balaban J connectivity index is 1.93. The number of aromatic hydroxyl groups is 1. The van der Waals surface area contributed by atoms with Crippen LogP contribution in [0.4, 0.5) is 0 Å². The van der Waals surface area contributed by atoms with Crippen molar-refractivity contribution in [1.29, 1.82) is 0 Å². The fourth-order valence-corrected chi connectivity index (χ4v) is 2.42. The molecule has 102 valence electrons. The number of nitrogens with zero attached hydrogens (tertiary/aromatic N) is 2. The van der Waals surface area contributed by atoms with Crippen molar-refractivity contribution < 1.29 is 10.2 Å². The number of aromatic nitrogens is 2. The van der Waals surface area contributed by atoms with Crippen molar-refractivity contribution in [3.63, 3.8) is 0 Å². The van der Waals surface area contributed by atoms with Crippen LogP contribution in [-0.4, -0.2) is 26.7 Å². The van der Waals surface area contributed by atoms with E-state index in [0.717, 1.165) is 18.0 Å². The van der Waals surface area contributed by atoms with Gasteiger partial charge in [0.05, 0.1) is 17.3 Å². The lowest BCUT2D eigenvalue weighted by atomic mass is 10.1. The van der Waals surface area contributed by atoms with Crippen LogP contribution in [0.2, 0.25) is 0 Å². The lowest BCUT2D eigenvalue weighted by Gasteiger charge is -2.12. The van der Waals surface area contributed by atoms with E-state index in [0.29, 0.717) is 23.4 Å². The van der Waals surface area contributed by atoms with Crippen molar-refractivity contribution in [2.75, 3.05) is 6.54 Å². The largest absolute Gasteiger partial charge is 0.506 e. The van der Waals surface area contributed by atoms with Gasteiger partial charge in [-0.25, -0.2) is 4.98 Å². The highest BCUT2D eigenvalue weighted by Gasteiger charge is 2.10. The SMILES string of the molecule is Cc1ncc(CO)c(CNCCc2nccs2)c1O. The highest BCUT2D eigenvalue weighted by atomic mass is 32.1. The Morgan fingerprint density at radius 2 is 2.21 bits per heavy atom. The molecule has 5 nitrogen and oxygen atoms in total. The van der Waals surface area contributed by atoms with E-state index >= 15 is 0 Å². The van der Waals surface area contributed by atoms with Crippen LogP contribution in [0, 0.1) is 6.92 Å². The summed E-state index contributed by atoms with van der Waals surface area (Å²) in [5.74, 6) is 0.160. The number of hydrogen-bond acceptors (Lipinski definition) is 6. The van der Waals surface area contributed by atoms with Crippen LogP contribution in [0.3, 0.4) is 0 Å². The van der Waals surface area contributed by atoms with Crippen LogP contribution in [-0.2, 0) is 19.6 Å². The molecule has 2 aromatic rings. The van der Waals surface area contributed by atoms with Crippen LogP contribution >= 0.6 is 11.3 Å². The highest BCUT2D eigenvalue weighted by Crippen LogP contribution is 2.23. The van der Waals surface area contributed by atoms with Gasteiger partial charge in [0.2, 0.25) is 0 Å². The topological polar surface area (TPSA) is 78.3 Å². The quantitative estimate of drug-likeness (QED) is 0.696. The van der Waals surface area contributed by atoms with E-state index in [-0.39, 0.29) is 12.4 Å². The fraction of sp³-hybridized carbons (Fsp3) is 0.385. The first kappa shape index (κ1) is 13.9. The zero-order valence-electron chi connectivity index (χ0n) is 10.8. The zero-order valence-corrected chi connectivity index (χ0v) is 11.6. The molecule has 0 spiro atoms. The average molecular weight is 279 g/mol. The summed E-state index contributed by atoms with van der Waals surface area (Å²) >= 11 is 1.63. The molecule has 0 aliphatic carbocycles. The van der Waals surface area contributed by atoms with Crippen molar-refractivity contribution in [3.05, 3.63) is 39.6 Å². The van der Waals surface area contributed by atoms with E-state index in [2.05, 4.69) is 15.3 Å². The maximum Gasteiger partial charge on any atom is 0.141 e. The minimum Gasteiger partial charge on any atom is -0.506 e. The van der Waals surface area contributed by atoms with Crippen molar-refractivity contribution >= 4 is 11.3 Å². The monoisotopic (exact) mass is 279 g/mol. The predicted molar refractivity (Wildman–Crippen MR) is 74.1 cm³/mol. The van der Waals surface area contributed by atoms with Crippen LogP contribution in [0.15, 0.2) is 17.8 Å². The van der Waals surface area contributed by atoms with Gasteiger partial charge in [0.1, 0.15) is 5.75 Å². The summed E-state index contributed by atoms with van der Waals surface area (Å²) in [7, 11) is 0. The maximum atomic E-state index is 9.97. The third kappa shape index (κ3) is 3.50. The van der Waals surface area contributed by atoms with Crippen LogP contribution in [0.5, 0.6) is 5.75 Å².